The zero-order valence-electron chi connectivity index (χ0n) is 12.5. The van der Waals surface area contributed by atoms with Gasteiger partial charge in [0.25, 0.3) is 5.91 Å². The minimum absolute atomic E-state index is 0.0506. The van der Waals surface area contributed by atoms with E-state index >= 15 is 0 Å². The summed E-state index contributed by atoms with van der Waals surface area (Å²) < 4.78 is 1.98. The molecule has 0 unspecified atom stereocenters. The molecule has 0 saturated carbocycles. The summed E-state index contributed by atoms with van der Waals surface area (Å²) in [5.74, 6) is 0.790. The van der Waals surface area contributed by atoms with Gasteiger partial charge in [-0.05, 0) is 43.7 Å². The van der Waals surface area contributed by atoms with Crippen molar-refractivity contribution in [2.24, 2.45) is 5.92 Å². The van der Waals surface area contributed by atoms with Gasteiger partial charge >= 0.3 is 0 Å². The quantitative estimate of drug-likeness (QED) is 0.944. The van der Waals surface area contributed by atoms with Gasteiger partial charge in [0, 0.05) is 29.9 Å². The van der Waals surface area contributed by atoms with E-state index in [-0.39, 0.29) is 11.9 Å². The molecule has 1 aliphatic carbocycles. The maximum absolute atomic E-state index is 12.4. The lowest BCUT2D eigenvalue weighted by molar-refractivity contribution is 0.0940. The highest BCUT2D eigenvalue weighted by Crippen LogP contribution is 2.32. The molecule has 2 atom stereocenters. The number of hydrogen-bond acceptors (Lipinski definition) is 3. The van der Waals surface area contributed by atoms with Gasteiger partial charge in [-0.2, -0.15) is 0 Å². The van der Waals surface area contributed by atoms with E-state index in [4.69, 9.17) is 0 Å². The maximum atomic E-state index is 12.4. The van der Waals surface area contributed by atoms with Crippen LogP contribution in [0.25, 0.3) is 0 Å². The van der Waals surface area contributed by atoms with E-state index in [1.807, 2.05) is 17.7 Å². The topological polar surface area (TPSA) is 46.9 Å². The number of thiophene rings is 1. The van der Waals surface area contributed by atoms with Crippen LogP contribution in [0.3, 0.4) is 0 Å². The number of hydrogen-bond donors (Lipinski definition) is 1. The number of nitrogens with one attached hydrogen (secondary N) is 1. The Hall–Kier alpha value is -1.62. The van der Waals surface area contributed by atoms with Gasteiger partial charge in [-0.15, -0.1) is 11.3 Å². The van der Waals surface area contributed by atoms with Gasteiger partial charge in [0.1, 0.15) is 0 Å². The molecular formula is C16H21N3OS. The first kappa shape index (κ1) is 14.3. The Kier molecular flexibility index (Phi) is 4.10. The fraction of sp³-hybridized carbons (Fsp3) is 0.500. The van der Waals surface area contributed by atoms with Crippen LogP contribution in [0, 0.1) is 5.92 Å². The summed E-state index contributed by atoms with van der Waals surface area (Å²) in [5, 5.41) is 3.08. The van der Waals surface area contributed by atoms with E-state index in [0.717, 1.165) is 30.2 Å². The van der Waals surface area contributed by atoms with Crippen molar-refractivity contribution in [1.29, 1.82) is 0 Å². The summed E-state index contributed by atoms with van der Waals surface area (Å²) in [4.78, 5) is 18.6. The lowest BCUT2D eigenvalue weighted by atomic mass is 9.90. The first-order valence-electron chi connectivity index (χ1n) is 7.50. The highest BCUT2D eigenvalue weighted by Gasteiger charge is 2.21. The van der Waals surface area contributed by atoms with E-state index in [9.17, 15) is 4.79 Å². The molecule has 0 bridgehead atoms. The summed E-state index contributed by atoms with van der Waals surface area (Å²) in [6.45, 7) is 5.05. The Bertz CT molecular complexity index is 618. The van der Waals surface area contributed by atoms with E-state index in [1.54, 1.807) is 23.9 Å². The number of amides is 1. The van der Waals surface area contributed by atoms with Gasteiger partial charge in [-0.1, -0.05) is 6.92 Å². The third-order valence-electron chi connectivity index (χ3n) is 3.97. The molecule has 21 heavy (non-hydrogen) atoms. The average molecular weight is 303 g/mol. The summed E-state index contributed by atoms with van der Waals surface area (Å²) in [6, 6.07) is 2.18. The first-order chi connectivity index (χ1) is 10.1. The molecule has 2 aromatic heterocycles. The maximum Gasteiger partial charge on any atom is 0.261 e. The molecule has 112 valence electrons. The standard InChI is InChI=1S/C16H21N3OS/c1-11-3-4-14-13(7-11)8-15(21-14)16(20)18-12(2)9-19-6-5-17-10-19/h5-6,8,10-12H,3-4,7,9H2,1-2H3,(H,18,20)/t11-,12-/m1/s1. The lowest BCUT2D eigenvalue weighted by Gasteiger charge is -2.16. The normalized spacial score (nSPS) is 19.0. The van der Waals surface area contributed by atoms with E-state index < -0.39 is 0 Å². The summed E-state index contributed by atoms with van der Waals surface area (Å²) in [7, 11) is 0. The van der Waals surface area contributed by atoms with Crippen LogP contribution in [0.15, 0.2) is 24.8 Å². The van der Waals surface area contributed by atoms with Crippen molar-refractivity contribution < 1.29 is 4.79 Å². The summed E-state index contributed by atoms with van der Waals surface area (Å²) >= 11 is 1.66. The Labute approximate surface area is 129 Å². The van der Waals surface area contributed by atoms with Crippen LogP contribution in [-0.2, 0) is 19.4 Å². The zero-order chi connectivity index (χ0) is 14.8. The third-order valence-corrected chi connectivity index (χ3v) is 5.21. The number of nitrogens with zero attached hydrogens (tertiary/aromatic N) is 2. The predicted octanol–water partition coefficient (Wildman–Crippen LogP) is 2.89. The monoisotopic (exact) mass is 303 g/mol. The SMILES string of the molecule is C[C@@H]1CCc2sc(C(=O)N[C@H](C)Cn3ccnc3)cc2C1. The van der Waals surface area contributed by atoms with Gasteiger partial charge < -0.3 is 9.88 Å². The second kappa shape index (κ2) is 6.02. The minimum Gasteiger partial charge on any atom is -0.347 e. The largest absolute Gasteiger partial charge is 0.347 e. The van der Waals surface area contributed by atoms with Crippen molar-refractivity contribution >= 4 is 17.2 Å². The van der Waals surface area contributed by atoms with Gasteiger partial charge in [0.05, 0.1) is 11.2 Å². The second-order valence-corrected chi connectivity index (χ2v) is 7.18. The molecule has 3 rings (SSSR count). The molecule has 0 fully saturated rings. The number of fused-ring (bicyclic) bond motifs is 1. The molecule has 2 heterocycles. The van der Waals surface area contributed by atoms with Crippen LogP contribution in [0.1, 0.15) is 40.4 Å². The minimum atomic E-state index is 0.0506. The Morgan fingerprint density at radius 3 is 3.24 bits per heavy atom. The van der Waals surface area contributed by atoms with Crippen molar-refractivity contribution in [3.8, 4) is 0 Å². The van der Waals surface area contributed by atoms with Crippen LogP contribution in [0.4, 0.5) is 0 Å². The number of rotatable bonds is 4. The molecule has 5 heteroatoms. The van der Waals surface area contributed by atoms with Crippen LogP contribution < -0.4 is 5.32 Å². The number of carbonyl (C=O) groups is 1. The fourth-order valence-electron chi connectivity index (χ4n) is 2.87. The number of aromatic nitrogens is 2. The fourth-order valence-corrected chi connectivity index (χ4v) is 3.98. The number of aryl methyl sites for hydroxylation is 1. The summed E-state index contributed by atoms with van der Waals surface area (Å²) in [5.41, 5.74) is 1.38. The Morgan fingerprint density at radius 2 is 2.48 bits per heavy atom. The van der Waals surface area contributed by atoms with Gasteiger partial charge in [-0.25, -0.2) is 4.98 Å². The highest BCUT2D eigenvalue weighted by molar-refractivity contribution is 7.14. The van der Waals surface area contributed by atoms with Crippen LogP contribution in [-0.4, -0.2) is 21.5 Å². The summed E-state index contributed by atoms with van der Waals surface area (Å²) in [6.07, 6.45) is 8.92. The van der Waals surface area contributed by atoms with Gasteiger partial charge in [-0.3, -0.25) is 4.79 Å². The number of imidazole rings is 1. The van der Waals surface area contributed by atoms with Gasteiger partial charge in [0.2, 0.25) is 0 Å². The predicted molar refractivity (Wildman–Crippen MR) is 84.7 cm³/mol. The Balaban J connectivity index is 1.63. The highest BCUT2D eigenvalue weighted by atomic mass is 32.1. The first-order valence-corrected chi connectivity index (χ1v) is 8.31. The lowest BCUT2D eigenvalue weighted by Crippen LogP contribution is -2.35. The molecule has 0 radical (unpaired) electrons. The molecule has 1 aliphatic rings. The molecule has 0 aromatic carbocycles. The van der Waals surface area contributed by atoms with Crippen molar-refractivity contribution in [3.05, 3.63) is 40.1 Å². The molecular weight excluding hydrogens is 282 g/mol. The Morgan fingerprint density at radius 1 is 1.62 bits per heavy atom. The van der Waals surface area contributed by atoms with Crippen molar-refractivity contribution in [2.75, 3.05) is 0 Å². The zero-order valence-corrected chi connectivity index (χ0v) is 13.3. The second-order valence-electron chi connectivity index (χ2n) is 6.04. The third kappa shape index (κ3) is 3.35. The molecule has 0 aliphatic heterocycles. The van der Waals surface area contributed by atoms with E-state index in [1.165, 1.54) is 16.9 Å². The van der Waals surface area contributed by atoms with Crippen molar-refractivity contribution in [2.45, 2.75) is 45.7 Å². The molecule has 1 amide bonds. The molecule has 0 saturated heterocycles. The van der Waals surface area contributed by atoms with Crippen LogP contribution >= 0.6 is 11.3 Å². The average Bonchev–Trinajstić information content (AvgIpc) is 3.06. The van der Waals surface area contributed by atoms with Crippen LogP contribution in [0.5, 0.6) is 0 Å². The number of carbonyl (C=O) groups excluding carboxylic acids is 1. The van der Waals surface area contributed by atoms with Crippen molar-refractivity contribution in [1.82, 2.24) is 14.9 Å². The van der Waals surface area contributed by atoms with Crippen LogP contribution in [0.2, 0.25) is 0 Å². The smallest absolute Gasteiger partial charge is 0.261 e. The molecule has 1 N–H and O–H groups in total. The molecule has 4 nitrogen and oxygen atoms in total. The molecule has 2 aromatic rings. The van der Waals surface area contributed by atoms with E-state index in [2.05, 4.69) is 23.3 Å². The van der Waals surface area contributed by atoms with E-state index in [0.29, 0.717) is 0 Å². The van der Waals surface area contributed by atoms with Gasteiger partial charge in [0.15, 0.2) is 0 Å². The molecule has 0 spiro atoms. The van der Waals surface area contributed by atoms with Crippen molar-refractivity contribution in [3.63, 3.8) is 0 Å².